The molecule has 1 amide bonds. The molecule has 0 saturated heterocycles. The van der Waals surface area contributed by atoms with E-state index in [9.17, 15) is 14.9 Å². The van der Waals surface area contributed by atoms with Crippen LogP contribution in [0.1, 0.15) is 13.8 Å². The fourth-order valence-corrected chi connectivity index (χ4v) is 1.61. The number of likely N-dealkylation sites (N-methyl/N-ethyl adjacent to an activating group) is 1. The minimum absolute atomic E-state index is 0.000752. The minimum Gasteiger partial charge on any atom is -0.487 e. The highest BCUT2D eigenvalue weighted by atomic mass is 16.6. The van der Waals surface area contributed by atoms with Crippen LogP contribution in [0.2, 0.25) is 0 Å². The van der Waals surface area contributed by atoms with Gasteiger partial charge in [0.15, 0.2) is 5.75 Å². The first kappa shape index (κ1) is 15.7. The monoisotopic (exact) mass is 281 g/mol. The summed E-state index contributed by atoms with van der Waals surface area (Å²) in [5.41, 5.74) is 0.125. The van der Waals surface area contributed by atoms with Gasteiger partial charge in [0.05, 0.1) is 18.1 Å². The molecule has 0 aliphatic carbocycles. The van der Waals surface area contributed by atoms with Crippen LogP contribution in [0, 0.1) is 10.1 Å². The standard InChI is InChI=1S/C13H19N3O4/c1-4-15(3)12(17)9-14-10-7-6-8-11(20-5-2)13(10)16(18)19/h6-8,14H,4-5,9H2,1-3H3. The Bertz CT molecular complexity index is 491. The van der Waals surface area contributed by atoms with Gasteiger partial charge in [-0.25, -0.2) is 0 Å². The maximum Gasteiger partial charge on any atom is 0.333 e. The van der Waals surface area contributed by atoms with Crippen molar-refractivity contribution in [2.45, 2.75) is 13.8 Å². The van der Waals surface area contributed by atoms with Gasteiger partial charge in [-0.15, -0.1) is 0 Å². The average molecular weight is 281 g/mol. The summed E-state index contributed by atoms with van der Waals surface area (Å²) in [7, 11) is 1.68. The van der Waals surface area contributed by atoms with Crippen LogP contribution in [0.15, 0.2) is 18.2 Å². The van der Waals surface area contributed by atoms with E-state index >= 15 is 0 Å². The van der Waals surface area contributed by atoms with Crippen molar-refractivity contribution in [2.24, 2.45) is 0 Å². The fourth-order valence-electron chi connectivity index (χ4n) is 1.61. The molecule has 0 atom stereocenters. The van der Waals surface area contributed by atoms with E-state index < -0.39 is 4.92 Å². The molecule has 1 aromatic carbocycles. The summed E-state index contributed by atoms with van der Waals surface area (Å²) in [6.07, 6.45) is 0. The van der Waals surface area contributed by atoms with Crippen LogP contribution in [0.25, 0.3) is 0 Å². The van der Waals surface area contributed by atoms with Crippen LogP contribution in [0.4, 0.5) is 11.4 Å². The molecule has 0 fully saturated rings. The molecule has 0 aliphatic heterocycles. The Balaban J connectivity index is 2.92. The van der Waals surface area contributed by atoms with Gasteiger partial charge < -0.3 is 15.0 Å². The predicted molar refractivity (Wildman–Crippen MR) is 76.1 cm³/mol. The van der Waals surface area contributed by atoms with Gasteiger partial charge in [0.1, 0.15) is 5.69 Å². The van der Waals surface area contributed by atoms with Gasteiger partial charge in [-0.05, 0) is 26.0 Å². The number of amides is 1. The lowest BCUT2D eigenvalue weighted by Crippen LogP contribution is -2.32. The van der Waals surface area contributed by atoms with E-state index in [0.29, 0.717) is 13.2 Å². The van der Waals surface area contributed by atoms with E-state index in [2.05, 4.69) is 5.32 Å². The lowest BCUT2D eigenvalue weighted by molar-refractivity contribution is -0.384. The van der Waals surface area contributed by atoms with Crippen LogP contribution in [0.3, 0.4) is 0 Å². The lowest BCUT2D eigenvalue weighted by Gasteiger charge is -2.15. The van der Waals surface area contributed by atoms with E-state index in [0.717, 1.165) is 0 Å². The first-order valence-corrected chi connectivity index (χ1v) is 6.39. The molecule has 0 heterocycles. The Morgan fingerprint density at radius 1 is 1.45 bits per heavy atom. The smallest absolute Gasteiger partial charge is 0.333 e. The number of rotatable bonds is 7. The number of nitro groups is 1. The van der Waals surface area contributed by atoms with Crippen LogP contribution < -0.4 is 10.1 Å². The summed E-state index contributed by atoms with van der Waals surface area (Å²) in [6.45, 7) is 4.53. The Kier molecular flexibility index (Phi) is 5.76. The molecule has 7 heteroatoms. The molecular weight excluding hydrogens is 262 g/mol. The van der Waals surface area contributed by atoms with Gasteiger partial charge in [-0.2, -0.15) is 0 Å². The van der Waals surface area contributed by atoms with Gasteiger partial charge in [-0.1, -0.05) is 6.07 Å². The summed E-state index contributed by atoms with van der Waals surface area (Å²) in [4.78, 5) is 23.9. The minimum atomic E-state index is -0.513. The van der Waals surface area contributed by atoms with Crippen molar-refractivity contribution < 1.29 is 14.5 Å². The Morgan fingerprint density at radius 2 is 2.15 bits per heavy atom. The van der Waals surface area contributed by atoms with Gasteiger partial charge in [0.25, 0.3) is 0 Å². The van der Waals surface area contributed by atoms with E-state index in [1.807, 2.05) is 6.92 Å². The van der Waals surface area contributed by atoms with Gasteiger partial charge in [-0.3, -0.25) is 14.9 Å². The molecule has 1 aromatic rings. The Morgan fingerprint density at radius 3 is 2.70 bits per heavy atom. The Labute approximate surface area is 117 Å². The van der Waals surface area contributed by atoms with Crippen molar-refractivity contribution in [3.8, 4) is 5.75 Å². The third-order valence-electron chi connectivity index (χ3n) is 2.81. The number of nitro benzene ring substituents is 1. The third-order valence-corrected chi connectivity index (χ3v) is 2.81. The van der Waals surface area contributed by atoms with Gasteiger partial charge >= 0.3 is 5.69 Å². The van der Waals surface area contributed by atoms with E-state index in [-0.39, 0.29) is 29.6 Å². The molecule has 110 valence electrons. The molecule has 1 N–H and O–H groups in total. The highest BCUT2D eigenvalue weighted by Crippen LogP contribution is 2.34. The molecule has 20 heavy (non-hydrogen) atoms. The zero-order valence-electron chi connectivity index (χ0n) is 11.9. The topological polar surface area (TPSA) is 84.7 Å². The maximum atomic E-state index is 11.7. The van der Waals surface area contributed by atoms with Crippen LogP contribution in [-0.4, -0.2) is 42.5 Å². The van der Waals surface area contributed by atoms with E-state index in [4.69, 9.17) is 4.74 Å². The number of nitrogens with zero attached hydrogens (tertiary/aromatic N) is 2. The number of hydrogen-bond donors (Lipinski definition) is 1. The fraction of sp³-hybridized carbons (Fsp3) is 0.462. The summed E-state index contributed by atoms with van der Waals surface area (Å²) in [6, 6.07) is 4.74. The second-order valence-electron chi connectivity index (χ2n) is 4.10. The normalized spacial score (nSPS) is 9.95. The summed E-state index contributed by atoms with van der Waals surface area (Å²) in [5, 5.41) is 13.9. The SMILES string of the molecule is CCOc1cccc(NCC(=O)N(C)CC)c1[N+](=O)[O-]. The summed E-state index contributed by atoms with van der Waals surface area (Å²) >= 11 is 0. The molecule has 0 radical (unpaired) electrons. The second-order valence-corrected chi connectivity index (χ2v) is 4.10. The summed E-state index contributed by atoms with van der Waals surface area (Å²) < 4.78 is 5.24. The van der Waals surface area contributed by atoms with E-state index in [1.54, 1.807) is 26.1 Å². The largest absolute Gasteiger partial charge is 0.487 e. The second kappa shape index (κ2) is 7.32. The van der Waals surface area contributed by atoms with Gasteiger partial charge in [0, 0.05) is 13.6 Å². The number of carbonyl (C=O) groups excluding carboxylic acids is 1. The van der Waals surface area contributed by atoms with Gasteiger partial charge in [0.2, 0.25) is 5.91 Å². The molecule has 7 nitrogen and oxygen atoms in total. The average Bonchev–Trinajstić information content (AvgIpc) is 2.43. The first-order valence-electron chi connectivity index (χ1n) is 6.39. The molecule has 0 saturated carbocycles. The molecule has 0 aliphatic rings. The molecule has 0 spiro atoms. The molecule has 0 unspecified atom stereocenters. The van der Waals surface area contributed by atoms with Crippen LogP contribution in [-0.2, 0) is 4.79 Å². The third kappa shape index (κ3) is 3.84. The van der Waals surface area contributed by atoms with Crippen molar-refractivity contribution in [3.05, 3.63) is 28.3 Å². The van der Waals surface area contributed by atoms with Crippen molar-refractivity contribution in [1.82, 2.24) is 4.90 Å². The highest BCUT2D eigenvalue weighted by Gasteiger charge is 2.21. The number of ether oxygens (including phenoxy) is 1. The zero-order valence-corrected chi connectivity index (χ0v) is 11.9. The number of anilines is 1. The number of benzene rings is 1. The van der Waals surface area contributed by atoms with Crippen molar-refractivity contribution in [3.63, 3.8) is 0 Å². The first-order chi connectivity index (χ1) is 9.51. The lowest BCUT2D eigenvalue weighted by atomic mass is 10.2. The predicted octanol–water partition coefficient (Wildman–Crippen LogP) is 1.88. The number of hydrogen-bond acceptors (Lipinski definition) is 5. The van der Waals surface area contributed by atoms with Crippen molar-refractivity contribution >= 4 is 17.3 Å². The zero-order chi connectivity index (χ0) is 15.1. The Hall–Kier alpha value is -2.31. The summed E-state index contributed by atoms with van der Waals surface area (Å²) in [5.74, 6) is 0.0578. The highest BCUT2D eigenvalue weighted by molar-refractivity contribution is 5.82. The van der Waals surface area contributed by atoms with Crippen LogP contribution >= 0.6 is 0 Å². The molecule has 0 aromatic heterocycles. The van der Waals surface area contributed by atoms with Crippen LogP contribution in [0.5, 0.6) is 5.75 Å². The maximum absolute atomic E-state index is 11.7. The van der Waals surface area contributed by atoms with Crippen molar-refractivity contribution in [1.29, 1.82) is 0 Å². The molecule has 1 rings (SSSR count). The van der Waals surface area contributed by atoms with E-state index in [1.165, 1.54) is 11.0 Å². The quantitative estimate of drug-likeness (QED) is 0.609. The number of para-hydroxylation sites is 1. The van der Waals surface area contributed by atoms with Crippen molar-refractivity contribution in [2.75, 3.05) is 32.1 Å². The molecule has 0 bridgehead atoms. The molecular formula is C13H19N3O4. The number of nitrogens with one attached hydrogen (secondary N) is 1. The number of carbonyl (C=O) groups is 1.